The summed E-state index contributed by atoms with van der Waals surface area (Å²) < 4.78 is 5.95. The maximum atomic E-state index is 11.6. The summed E-state index contributed by atoms with van der Waals surface area (Å²) in [4.78, 5) is 11.6. The van der Waals surface area contributed by atoms with Gasteiger partial charge in [0, 0.05) is 18.3 Å². The van der Waals surface area contributed by atoms with Gasteiger partial charge in [0.15, 0.2) is 0 Å². The first-order chi connectivity index (χ1) is 8.70. The van der Waals surface area contributed by atoms with Crippen LogP contribution in [0.4, 0.5) is 0 Å². The first kappa shape index (κ1) is 13.2. The number of carbonyl (C=O) groups excluding carboxylic acids is 1. The quantitative estimate of drug-likeness (QED) is 0.525. The third kappa shape index (κ3) is 1.58. The summed E-state index contributed by atoms with van der Waals surface area (Å²) in [5.41, 5.74) is 1.82. The van der Waals surface area contributed by atoms with Crippen molar-refractivity contribution in [3.8, 4) is 0 Å². The summed E-state index contributed by atoms with van der Waals surface area (Å²) in [7, 11) is 0. The van der Waals surface area contributed by atoms with Crippen LogP contribution in [0.15, 0.2) is 11.6 Å². The second-order valence-electron chi connectivity index (χ2n) is 8.04. The number of carbonyl (C=O) groups is 1. The molecule has 106 valence electrons. The molecule has 0 aliphatic heterocycles. The highest BCUT2D eigenvalue weighted by atomic mass is 16.6. The predicted molar refractivity (Wildman–Crippen MR) is 75.6 cm³/mol. The van der Waals surface area contributed by atoms with Gasteiger partial charge in [-0.3, -0.25) is 4.79 Å². The minimum absolute atomic E-state index is 0.109. The van der Waals surface area contributed by atoms with E-state index in [1.807, 2.05) is 0 Å². The lowest BCUT2D eigenvalue weighted by atomic mass is 9.45. The van der Waals surface area contributed by atoms with Crippen molar-refractivity contribution >= 4 is 5.97 Å². The van der Waals surface area contributed by atoms with Gasteiger partial charge in [-0.15, -0.1) is 0 Å². The Morgan fingerprint density at radius 2 is 1.95 bits per heavy atom. The van der Waals surface area contributed by atoms with Gasteiger partial charge >= 0.3 is 5.97 Å². The number of fused-ring (bicyclic) bond motifs is 2. The average Bonchev–Trinajstić information content (AvgIpc) is 2.41. The summed E-state index contributed by atoms with van der Waals surface area (Å²) in [5.74, 6) is 0.876. The fourth-order valence-corrected chi connectivity index (χ4v) is 5.26. The van der Waals surface area contributed by atoms with Gasteiger partial charge in [0.1, 0.15) is 5.60 Å². The average molecular weight is 262 g/mol. The van der Waals surface area contributed by atoms with Gasteiger partial charge in [-0.1, -0.05) is 32.4 Å². The van der Waals surface area contributed by atoms with Crippen LogP contribution in [-0.4, -0.2) is 11.6 Å². The van der Waals surface area contributed by atoms with E-state index in [4.69, 9.17) is 4.74 Å². The molecule has 4 aliphatic carbocycles. The first-order valence-corrected chi connectivity index (χ1v) is 7.58. The highest BCUT2D eigenvalue weighted by Gasteiger charge is 2.69. The summed E-state index contributed by atoms with van der Waals surface area (Å²) >= 11 is 0. The van der Waals surface area contributed by atoms with Gasteiger partial charge in [-0.05, 0) is 43.9 Å². The van der Waals surface area contributed by atoms with Crippen LogP contribution in [0, 0.1) is 22.7 Å². The molecule has 0 aromatic carbocycles. The van der Waals surface area contributed by atoms with Crippen LogP contribution in [0.25, 0.3) is 0 Å². The molecule has 2 fully saturated rings. The van der Waals surface area contributed by atoms with E-state index in [1.165, 1.54) is 18.4 Å². The van der Waals surface area contributed by atoms with Gasteiger partial charge in [-0.2, -0.15) is 0 Å². The molecule has 0 N–H and O–H groups in total. The molecule has 4 atom stereocenters. The van der Waals surface area contributed by atoms with Gasteiger partial charge in [0.2, 0.25) is 0 Å². The third-order valence-corrected chi connectivity index (χ3v) is 6.22. The van der Waals surface area contributed by atoms with E-state index in [-0.39, 0.29) is 17.0 Å². The maximum absolute atomic E-state index is 11.6. The van der Waals surface area contributed by atoms with Crippen LogP contribution < -0.4 is 0 Å². The van der Waals surface area contributed by atoms with E-state index in [2.05, 4.69) is 33.8 Å². The van der Waals surface area contributed by atoms with Crippen molar-refractivity contribution in [3.05, 3.63) is 11.6 Å². The normalized spacial score (nSPS) is 46.7. The highest BCUT2D eigenvalue weighted by molar-refractivity contribution is 5.67. The largest absolute Gasteiger partial charge is 0.458 e. The smallest absolute Gasteiger partial charge is 0.303 e. The number of hydrogen-bond acceptors (Lipinski definition) is 2. The molecule has 2 nitrogen and oxygen atoms in total. The van der Waals surface area contributed by atoms with Crippen molar-refractivity contribution < 1.29 is 9.53 Å². The summed E-state index contributed by atoms with van der Waals surface area (Å²) in [6.45, 7) is 10.9. The minimum atomic E-state index is -0.212. The molecule has 0 spiro atoms. The second-order valence-corrected chi connectivity index (χ2v) is 8.04. The lowest BCUT2D eigenvalue weighted by Crippen LogP contribution is -2.65. The molecule has 0 aromatic rings. The zero-order chi connectivity index (χ0) is 14.1. The molecule has 0 heterocycles. The molecule has 0 saturated heterocycles. The molecule has 0 radical (unpaired) electrons. The van der Waals surface area contributed by atoms with Crippen molar-refractivity contribution in [1.82, 2.24) is 0 Å². The molecule has 2 bridgehead atoms. The Bertz CT molecular complexity index is 462. The molecule has 0 unspecified atom stereocenters. The van der Waals surface area contributed by atoms with Crippen molar-refractivity contribution in [3.63, 3.8) is 0 Å². The van der Waals surface area contributed by atoms with Gasteiger partial charge in [-0.25, -0.2) is 0 Å². The number of esters is 1. The Kier molecular flexibility index (Phi) is 2.54. The van der Waals surface area contributed by atoms with E-state index < -0.39 is 0 Å². The fraction of sp³-hybridized carbons (Fsp3) is 0.824. The van der Waals surface area contributed by atoms with Gasteiger partial charge in [0.05, 0.1) is 0 Å². The van der Waals surface area contributed by atoms with Crippen LogP contribution in [0.2, 0.25) is 0 Å². The van der Waals surface area contributed by atoms with Gasteiger partial charge < -0.3 is 4.74 Å². The predicted octanol–water partition coefficient (Wildman–Crippen LogP) is 4.10. The Labute approximate surface area is 116 Å². The van der Waals surface area contributed by atoms with Crippen molar-refractivity contribution in [1.29, 1.82) is 0 Å². The van der Waals surface area contributed by atoms with Crippen molar-refractivity contribution in [2.24, 2.45) is 22.7 Å². The van der Waals surface area contributed by atoms with Crippen LogP contribution in [0.3, 0.4) is 0 Å². The summed E-state index contributed by atoms with van der Waals surface area (Å²) in [5, 5.41) is 0. The second kappa shape index (κ2) is 3.65. The first-order valence-electron chi connectivity index (χ1n) is 7.58. The molecule has 4 rings (SSSR count). The van der Waals surface area contributed by atoms with E-state index in [0.717, 1.165) is 12.8 Å². The number of hydrogen-bond donors (Lipinski definition) is 0. The third-order valence-electron chi connectivity index (χ3n) is 6.22. The SMILES string of the molecule is CC(=O)O[C@]12CC[C@@]1(C)[C@@H]1CC(C)(C)C[C@H]2C=C1C. The Morgan fingerprint density at radius 1 is 1.26 bits per heavy atom. The fourth-order valence-electron chi connectivity index (χ4n) is 5.26. The summed E-state index contributed by atoms with van der Waals surface area (Å²) in [6, 6.07) is 0. The Balaban J connectivity index is 2.10. The highest BCUT2D eigenvalue weighted by Crippen LogP contribution is 2.69. The van der Waals surface area contributed by atoms with Crippen molar-refractivity contribution in [2.75, 3.05) is 0 Å². The number of allylic oxidation sites excluding steroid dienone is 1. The van der Waals surface area contributed by atoms with E-state index in [9.17, 15) is 4.79 Å². The van der Waals surface area contributed by atoms with Crippen LogP contribution in [-0.2, 0) is 9.53 Å². The summed E-state index contributed by atoms with van der Waals surface area (Å²) in [6.07, 6.45) is 7.03. The van der Waals surface area contributed by atoms with Crippen LogP contribution in [0.1, 0.15) is 60.3 Å². The molecular weight excluding hydrogens is 236 g/mol. The van der Waals surface area contributed by atoms with Gasteiger partial charge in [0.25, 0.3) is 0 Å². The van der Waals surface area contributed by atoms with E-state index in [0.29, 0.717) is 17.3 Å². The molecular formula is C17H26O2. The molecule has 2 saturated carbocycles. The lowest BCUT2D eigenvalue weighted by molar-refractivity contribution is -0.231. The Hall–Kier alpha value is -0.790. The molecule has 2 heteroatoms. The molecule has 19 heavy (non-hydrogen) atoms. The van der Waals surface area contributed by atoms with Crippen molar-refractivity contribution in [2.45, 2.75) is 65.9 Å². The van der Waals surface area contributed by atoms with Crippen LogP contribution in [0.5, 0.6) is 0 Å². The van der Waals surface area contributed by atoms with E-state index >= 15 is 0 Å². The van der Waals surface area contributed by atoms with Crippen LogP contribution >= 0.6 is 0 Å². The molecule has 4 aliphatic rings. The maximum Gasteiger partial charge on any atom is 0.303 e. The zero-order valence-corrected chi connectivity index (χ0v) is 12.9. The number of rotatable bonds is 1. The number of ether oxygens (including phenoxy) is 1. The zero-order valence-electron chi connectivity index (χ0n) is 12.9. The van der Waals surface area contributed by atoms with E-state index in [1.54, 1.807) is 6.92 Å². The Morgan fingerprint density at radius 3 is 2.47 bits per heavy atom. The monoisotopic (exact) mass is 262 g/mol. The molecule has 0 amide bonds. The topological polar surface area (TPSA) is 26.3 Å². The minimum Gasteiger partial charge on any atom is -0.458 e. The lowest BCUT2D eigenvalue weighted by Gasteiger charge is -2.64. The molecule has 0 aromatic heterocycles. The standard InChI is InChI=1S/C17H26O2/c1-11-8-13-9-15(3,4)10-14(11)16(5)6-7-17(13,16)19-12(2)18/h8,13-14H,6-7,9-10H2,1-5H3/t13-,14-,16+,17+/m1/s1.